The first-order valence-corrected chi connectivity index (χ1v) is 11.9. The normalized spacial score (nSPS) is 13.6. The molecule has 1 unspecified atom stereocenters. The number of halogens is 1. The number of rotatable bonds is 13. The molecule has 0 aliphatic rings. The Labute approximate surface area is 199 Å². The number of benzene rings is 2. The van der Waals surface area contributed by atoms with Gasteiger partial charge in [-0.25, -0.2) is 4.39 Å². The first-order valence-electron chi connectivity index (χ1n) is 11.9. The third-order valence-corrected chi connectivity index (χ3v) is 5.44. The molecule has 0 bridgehead atoms. The van der Waals surface area contributed by atoms with E-state index >= 15 is 0 Å². The summed E-state index contributed by atoms with van der Waals surface area (Å²) in [7, 11) is 0. The van der Waals surface area contributed by atoms with Crippen molar-refractivity contribution in [3.8, 4) is 5.75 Å². The van der Waals surface area contributed by atoms with Crippen molar-refractivity contribution >= 4 is 0 Å². The molecular weight excluding hydrogens is 413 g/mol. The first kappa shape index (κ1) is 27.0. The quantitative estimate of drug-likeness (QED) is 0.337. The number of ether oxygens (including phenoxy) is 1. The van der Waals surface area contributed by atoms with Crippen LogP contribution in [0.1, 0.15) is 65.1 Å². The molecule has 2 atom stereocenters. The molecule has 33 heavy (non-hydrogen) atoms. The van der Waals surface area contributed by atoms with Crippen LogP contribution in [0.3, 0.4) is 0 Å². The molecule has 4 N–H and O–H groups in total. The van der Waals surface area contributed by atoms with Crippen molar-refractivity contribution in [2.75, 3.05) is 13.1 Å². The van der Waals surface area contributed by atoms with Crippen molar-refractivity contribution in [2.45, 2.75) is 72.2 Å². The number of nitrogens with two attached hydrogens (primary N) is 1. The predicted molar refractivity (Wildman–Crippen MR) is 137 cm³/mol. The van der Waals surface area contributed by atoms with E-state index < -0.39 is 0 Å². The van der Waals surface area contributed by atoms with E-state index in [9.17, 15) is 4.39 Å². The molecule has 182 valence electrons. The maximum atomic E-state index is 13.1. The molecule has 4 nitrogen and oxygen atoms in total. The monoisotopic (exact) mass is 455 g/mol. The molecule has 2 aromatic rings. The Morgan fingerprint density at radius 1 is 1.06 bits per heavy atom. The lowest BCUT2D eigenvalue weighted by Gasteiger charge is -2.31. The minimum atomic E-state index is -0.238. The van der Waals surface area contributed by atoms with Gasteiger partial charge in [-0.05, 0) is 75.4 Å². The van der Waals surface area contributed by atoms with Crippen LogP contribution in [0.2, 0.25) is 0 Å². The second-order valence-corrected chi connectivity index (χ2v) is 10.2. The number of allylic oxidation sites excluding steroid dienone is 1. The molecule has 0 aromatic heterocycles. The average molecular weight is 456 g/mol. The molecular formula is C28H42FN3O. The van der Waals surface area contributed by atoms with Gasteiger partial charge in [-0.3, -0.25) is 0 Å². The molecule has 0 aliphatic carbocycles. The number of hydrogen-bond acceptors (Lipinski definition) is 4. The van der Waals surface area contributed by atoms with Crippen molar-refractivity contribution in [2.24, 2.45) is 11.7 Å². The van der Waals surface area contributed by atoms with Crippen molar-refractivity contribution in [3.05, 3.63) is 77.1 Å². The van der Waals surface area contributed by atoms with E-state index in [0.717, 1.165) is 30.8 Å². The van der Waals surface area contributed by atoms with Gasteiger partial charge in [-0.2, -0.15) is 0 Å². The lowest BCUT2D eigenvalue weighted by Crippen LogP contribution is -2.52. The van der Waals surface area contributed by atoms with Gasteiger partial charge in [0.2, 0.25) is 0 Å². The fourth-order valence-electron chi connectivity index (χ4n) is 3.65. The molecule has 2 rings (SSSR count). The summed E-state index contributed by atoms with van der Waals surface area (Å²) in [6.07, 6.45) is 3.27. The molecule has 0 fully saturated rings. The van der Waals surface area contributed by atoms with Gasteiger partial charge < -0.3 is 21.1 Å². The zero-order valence-electron chi connectivity index (χ0n) is 21.1. The predicted octanol–water partition coefficient (Wildman–Crippen LogP) is 5.74. The molecule has 2 aromatic carbocycles. The SMILES string of the molecule is CC(C)=C[C@H](NCC(C)(C)NCC(N)CC(C)C)c1ccc(OCc2ccc(F)cc2)cc1. The van der Waals surface area contributed by atoms with Gasteiger partial charge in [0.25, 0.3) is 0 Å². The molecule has 0 saturated carbocycles. The topological polar surface area (TPSA) is 59.3 Å². The molecule has 0 spiro atoms. The highest BCUT2D eigenvalue weighted by atomic mass is 19.1. The molecule has 5 heteroatoms. The van der Waals surface area contributed by atoms with Gasteiger partial charge in [0, 0.05) is 24.7 Å². The van der Waals surface area contributed by atoms with Crippen LogP contribution >= 0.6 is 0 Å². The van der Waals surface area contributed by atoms with E-state index in [1.807, 2.05) is 12.1 Å². The molecule has 0 radical (unpaired) electrons. The van der Waals surface area contributed by atoms with Crippen LogP contribution in [0.4, 0.5) is 4.39 Å². The minimum Gasteiger partial charge on any atom is -0.489 e. The van der Waals surface area contributed by atoms with Crippen LogP contribution in [-0.2, 0) is 6.61 Å². The van der Waals surface area contributed by atoms with Crippen molar-refractivity contribution in [1.82, 2.24) is 10.6 Å². The summed E-state index contributed by atoms with van der Waals surface area (Å²) in [5, 5.41) is 7.32. The standard InChI is InChI=1S/C28H42FN3O/c1-20(2)15-25(30)17-32-28(5,6)19-31-27(16-21(3)4)23-9-13-26(14-10-23)33-18-22-7-11-24(29)12-8-22/h7-14,16,20,25,27,31-32H,15,17-19,30H2,1-6H3/t25?,27-/m0/s1. The zero-order chi connectivity index (χ0) is 24.4. The largest absolute Gasteiger partial charge is 0.489 e. The van der Waals surface area contributed by atoms with Crippen LogP contribution < -0.4 is 21.1 Å². The number of nitrogens with one attached hydrogen (secondary N) is 2. The first-order chi connectivity index (χ1) is 15.5. The van der Waals surface area contributed by atoms with Gasteiger partial charge in [-0.15, -0.1) is 0 Å². The smallest absolute Gasteiger partial charge is 0.123 e. The third kappa shape index (κ3) is 10.5. The fraction of sp³-hybridized carbons (Fsp3) is 0.500. The van der Waals surface area contributed by atoms with Gasteiger partial charge in [0.1, 0.15) is 18.2 Å². The van der Waals surface area contributed by atoms with Crippen molar-refractivity contribution in [3.63, 3.8) is 0 Å². The Hall–Kier alpha value is -2.21. The van der Waals surface area contributed by atoms with Crippen LogP contribution in [-0.4, -0.2) is 24.7 Å². The Morgan fingerprint density at radius 3 is 2.27 bits per heavy atom. The lowest BCUT2D eigenvalue weighted by molar-refractivity contribution is 0.306. The average Bonchev–Trinajstić information content (AvgIpc) is 2.75. The highest BCUT2D eigenvalue weighted by molar-refractivity contribution is 5.32. The maximum Gasteiger partial charge on any atom is 0.123 e. The van der Waals surface area contributed by atoms with Gasteiger partial charge in [0.05, 0.1) is 6.04 Å². The summed E-state index contributed by atoms with van der Waals surface area (Å²) in [4.78, 5) is 0. The van der Waals surface area contributed by atoms with Crippen LogP contribution in [0.5, 0.6) is 5.75 Å². The van der Waals surface area contributed by atoms with E-state index in [1.54, 1.807) is 12.1 Å². The third-order valence-electron chi connectivity index (χ3n) is 5.44. The molecule has 0 heterocycles. The van der Waals surface area contributed by atoms with E-state index in [1.165, 1.54) is 23.3 Å². The number of hydrogen-bond donors (Lipinski definition) is 3. The Balaban J connectivity index is 1.95. The van der Waals surface area contributed by atoms with E-state index in [4.69, 9.17) is 10.5 Å². The van der Waals surface area contributed by atoms with E-state index in [-0.39, 0.29) is 23.4 Å². The minimum absolute atomic E-state index is 0.0828. The Bertz CT molecular complexity index is 856. The van der Waals surface area contributed by atoms with Gasteiger partial charge >= 0.3 is 0 Å². The molecule has 0 amide bonds. The molecule has 0 saturated heterocycles. The van der Waals surface area contributed by atoms with E-state index in [0.29, 0.717) is 12.5 Å². The second-order valence-electron chi connectivity index (χ2n) is 10.2. The summed E-state index contributed by atoms with van der Waals surface area (Å²) in [5.74, 6) is 1.16. The van der Waals surface area contributed by atoms with Gasteiger partial charge in [-0.1, -0.05) is 49.8 Å². The summed E-state index contributed by atoms with van der Waals surface area (Å²) >= 11 is 0. The highest BCUT2D eigenvalue weighted by Crippen LogP contribution is 2.22. The highest BCUT2D eigenvalue weighted by Gasteiger charge is 2.20. The van der Waals surface area contributed by atoms with Crippen LogP contribution in [0, 0.1) is 11.7 Å². The lowest BCUT2D eigenvalue weighted by atomic mass is 9.99. The summed E-state index contributed by atoms with van der Waals surface area (Å²) in [6, 6.07) is 14.8. The van der Waals surface area contributed by atoms with Crippen molar-refractivity contribution in [1.29, 1.82) is 0 Å². The summed E-state index contributed by atoms with van der Waals surface area (Å²) < 4.78 is 18.9. The van der Waals surface area contributed by atoms with Crippen LogP contribution in [0.15, 0.2) is 60.2 Å². The van der Waals surface area contributed by atoms with Crippen LogP contribution in [0.25, 0.3) is 0 Å². The second kappa shape index (κ2) is 12.9. The summed E-state index contributed by atoms with van der Waals surface area (Å²) in [6.45, 7) is 15.1. The Kier molecular flexibility index (Phi) is 10.6. The van der Waals surface area contributed by atoms with Crippen molar-refractivity contribution < 1.29 is 9.13 Å². The van der Waals surface area contributed by atoms with E-state index in [2.05, 4.69) is 70.4 Å². The Morgan fingerprint density at radius 2 is 1.70 bits per heavy atom. The zero-order valence-corrected chi connectivity index (χ0v) is 21.1. The fourth-order valence-corrected chi connectivity index (χ4v) is 3.65. The maximum absolute atomic E-state index is 13.1. The summed E-state index contributed by atoms with van der Waals surface area (Å²) in [5.41, 5.74) is 9.55. The molecule has 0 aliphatic heterocycles. The van der Waals surface area contributed by atoms with Gasteiger partial charge in [0.15, 0.2) is 0 Å².